The van der Waals surface area contributed by atoms with Crippen LogP contribution in [0.4, 0.5) is 0 Å². The van der Waals surface area contributed by atoms with Gasteiger partial charge in [0.25, 0.3) is 6.47 Å². The van der Waals surface area contributed by atoms with E-state index in [2.05, 4.69) is 17.0 Å². The summed E-state index contributed by atoms with van der Waals surface area (Å²) in [6.07, 6.45) is 0.750. The molecule has 0 saturated heterocycles. The van der Waals surface area contributed by atoms with Crippen molar-refractivity contribution in [2.45, 2.75) is 83.1 Å². The Balaban J connectivity index is -0.0000000292. The maximum atomic E-state index is 9.44. The van der Waals surface area contributed by atoms with E-state index in [0.717, 1.165) is 12.8 Å². The molecule has 0 amide bonds. The molecule has 0 rings (SSSR count). The van der Waals surface area contributed by atoms with Gasteiger partial charge in [-0.1, -0.05) is 20.8 Å². The van der Waals surface area contributed by atoms with Crippen molar-refractivity contribution in [1.82, 2.24) is 5.32 Å². The van der Waals surface area contributed by atoms with Crippen molar-refractivity contribution >= 4 is 35.9 Å². The van der Waals surface area contributed by atoms with Crippen molar-refractivity contribution in [3.8, 4) is 0 Å². The van der Waals surface area contributed by atoms with E-state index in [0.29, 0.717) is 6.47 Å². The maximum absolute atomic E-state index is 9.44. The number of ketones is 4. The standard InChI is InChI=1S/C3H9N.4C3H6O.C2H4O2.C2H4O.C2H6/c1-3-4-2;4*1-3(2)4;1-4-2-3;1-2-3;1-2/h4H,3H2,1-2H3;4*1-2H3;2H,1H3;2H,1H3;1-2H3. The monoisotopic (exact) mass is 425 g/mol. The van der Waals surface area contributed by atoms with Gasteiger partial charge in [0.1, 0.15) is 29.4 Å². The highest BCUT2D eigenvalue weighted by atomic mass is 16.5. The van der Waals surface area contributed by atoms with Crippen LogP contribution in [-0.4, -0.2) is 56.6 Å². The number of rotatable bonds is 2. The van der Waals surface area contributed by atoms with Gasteiger partial charge >= 0.3 is 0 Å². The first-order chi connectivity index (χ1) is 13.2. The average molecular weight is 426 g/mol. The molecule has 0 spiro atoms. The molecule has 178 valence electrons. The second-order valence-corrected chi connectivity index (χ2v) is 4.91. The molecule has 0 aromatic carbocycles. The molecule has 0 aliphatic carbocycles. The molecular formula is C21H47NO7. The molecule has 8 nitrogen and oxygen atoms in total. The first kappa shape index (κ1) is 50.5. The van der Waals surface area contributed by atoms with Gasteiger partial charge < -0.3 is 34.0 Å². The number of nitrogens with one attached hydrogen (secondary N) is 1. The summed E-state index contributed by atoms with van der Waals surface area (Å²) in [5.74, 6) is 0.667. The van der Waals surface area contributed by atoms with Crippen molar-refractivity contribution < 1.29 is 33.5 Å². The summed E-state index contributed by atoms with van der Waals surface area (Å²) >= 11 is 0. The van der Waals surface area contributed by atoms with Crippen LogP contribution in [-0.2, 0) is 33.5 Å². The van der Waals surface area contributed by atoms with Gasteiger partial charge in [-0.2, -0.15) is 0 Å². The lowest BCUT2D eigenvalue weighted by molar-refractivity contribution is -0.126. The predicted molar refractivity (Wildman–Crippen MR) is 121 cm³/mol. The van der Waals surface area contributed by atoms with E-state index in [-0.39, 0.29) is 23.1 Å². The molecule has 29 heavy (non-hydrogen) atoms. The summed E-state index contributed by atoms with van der Waals surface area (Å²) in [5.41, 5.74) is 0. The van der Waals surface area contributed by atoms with Gasteiger partial charge in [-0.3, -0.25) is 4.79 Å². The van der Waals surface area contributed by atoms with E-state index in [1.807, 2.05) is 20.9 Å². The van der Waals surface area contributed by atoms with Gasteiger partial charge in [0, 0.05) is 0 Å². The minimum atomic E-state index is 0.167. The highest BCUT2D eigenvalue weighted by Gasteiger charge is 1.63. The molecule has 0 aromatic heterocycles. The first-order valence-electron chi connectivity index (χ1n) is 9.07. The van der Waals surface area contributed by atoms with Gasteiger partial charge in [0.15, 0.2) is 0 Å². The molecule has 0 fully saturated rings. The SMILES string of the molecule is CC.CC(C)=O.CC(C)=O.CC(C)=O.CC(C)=O.CC=O.CCNC.COC=O. The van der Waals surface area contributed by atoms with E-state index in [9.17, 15) is 19.2 Å². The molecule has 8 heteroatoms. The molecule has 0 aliphatic heterocycles. The molecule has 0 bridgehead atoms. The van der Waals surface area contributed by atoms with Crippen LogP contribution in [0.2, 0.25) is 0 Å². The fourth-order valence-corrected chi connectivity index (χ4v) is 0. The van der Waals surface area contributed by atoms with Crippen LogP contribution < -0.4 is 5.32 Å². The number of methoxy groups -OCH3 is 1. The largest absolute Gasteiger partial charge is 0.471 e. The summed E-state index contributed by atoms with van der Waals surface area (Å²) in [7, 11) is 3.24. The quantitative estimate of drug-likeness (QED) is 0.665. The Morgan fingerprint density at radius 3 is 0.793 bits per heavy atom. The number of carbonyl (C=O) groups excluding carboxylic acids is 6. The number of hydrogen-bond donors (Lipinski definition) is 1. The summed E-state index contributed by atoms with van der Waals surface area (Å²) in [4.78, 5) is 55.5. The van der Waals surface area contributed by atoms with Crippen molar-refractivity contribution in [3.63, 3.8) is 0 Å². The highest BCUT2D eigenvalue weighted by Crippen LogP contribution is 1.51. The van der Waals surface area contributed by atoms with Gasteiger partial charge in [0.2, 0.25) is 0 Å². The number of ether oxygens (including phenoxy) is 1. The van der Waals surface area contributed by atoms with Crippen molar-refractivity contribution in [3.05, 3.63) is 0 Å². The number of hydrogen-bond acceptors (Lipinski definition) is 8. The van der Waals surface area contributed by atoms with E-state index in [1.54, 1.807) is 0 Å². The molecule has 0 aromatic rings. The number of Topliss-reactive ketones (excluding diaryl/α,β-unsaturated/α-hetero) is 4. The normalized spacial score (nSPS) is 6.00. The Bertz CT molecular complexity index is 276. The Morgan fingerprint density at radius 1 is 0.724 bits per heavy atom. The van der Waals surface area contributed by atoms with Crippen LogP contribution in [0.1, 0.15) is 83.1 Å². The zero-order valence-corrected chi connectivity index (χ0v) is 21.2. The highest BCUT2D eigenvalue weighted by molar-refractivity contribution is 5.72. The van der Waals surface area contributed by atoms with Crippen LogP contribution in [0.15, 0.2) is 0 Å². The number of aldehydes is 1. The molecule has 1 N–H and O–H groups in total. The third kappa shape index (κ3) is 301000. The first-order valence-corrected chi connectivity index (χ1v) is 9.07. The predicted octanol–water partition coefficient (Wildman–Crippen LogP) is 3.63. The van der Waals surface area contributed by atoms with Gasteiger partial charge in [0.05, 0.1) is 7.11 Å². The van der Waals surface area contributed by atoms with Crippen molar-refractivity contribution in [2.24, 2.45) is 0 Å². The number of carbonyl (C=O) groups is 6. The van der Waals surface area contributed by atoms with Crippen LogP contribution >= 0.6 is 0 Å². The van der Waals surface area contributed by atoms with Crippen LogP contribution in [0.25, 0.3) is 0 Å². The average Bonchev–Trinajstić information content (AvgIpc) is 2.55. The molecular weight excluding hydrogens is 378 g/mol. The van der Waals surface area contributed by atoms with Crippen molar-refractivity contribution in [1.29, 1.82) is 0 Å². The Hall–Kier alpha value is -2.22. The minimum Gasteiger partial charge on any atom is -0.471 e. The van der Waals surface area contributed by atoms with Gasteiger partial charge in [-0.05, 0) is 75.9 Å². The van der Waals surface area contributed by atoms with E-state index in [1.165, 1.54) is 69.4 Å². The second-order valence-electron chi connectivity index (χ2n) is 4.91. The topological polar surface area (TPSA) is 124 Å². The smallest absolute Gasteiger partial charge is 0.292 e. The van der Waals surface area contributed by atoms with Crippen LogP contribution in [0.3, 0.4) is 0 Å². The summed E-state index contributed by atoms with van der Waals surface area (Å²) in [6.45, 7) is 21.2. The van der Waals surface area contributed by atoms with Crippen LogP contribution in [0, 0.1) is 0 Å². The van der Waals surface area contributed by atoms with E-state index in [4.69, 9.17) is 9.59 Å². The minimum absolute atomic E-state index is 0.167. The maximum Gasteiger partial charge on any atom is 0.292 e. The van der Waals surface area contributed by atoms with Gasteiger partial charge in [-0.15, -0.1) is 0 Å². The lowest BCUT2D eigenvalue weighted by Crippen LogP contribution is -2.01. The summed E-state index contributed by atoms with van der Waals surface area (Å²) in [5, 5.41) is 2.93. The third-order valence-electron chi connectivity index (χ3n) is 0.450. The lowest BCUT2D eigenvalue weighted by atomic mass is 10.6. The molecule has 0 heterocycles. The zero-order valence-electron chi connectivity index (χ0n) is 21.2. The Labute approximate surface area is 179 Å². The zero-order chi connectivity index (χ0) is 25.8. The Morgan fingerprint density at radius 2 is 0.793 bits per heavy atom. The lowest BCUT2D eigenvalue weighted by Gasteiger charge is -1.76. The van der Waals surface area contributed by atoms with E-state index < -0.39 is 0 Å². The van der Waals surface area contributed by atoms with E-state index >= 15 is 0 Å². The fourth-order valence-electron chi connectivity index (χ4n) is 0. The van der Waals surface area contributed by atoms with Gasteiger partial charge in [-0.25, -0.2) is 0 Å². The second kappa shape index (κ2) is 72.5. The van der Waals surface area contributed by atoms with Crippen LogP contribution in [0.5, 0.6) is 0 Å². The fraction of sp³-hybridized carbons (Fsp3) is 0.714. The molecule has 0 atom stereocenters. The summed E-state index contributed by atoms with van der Waals surface area (Å²) in [6, 6.07) is 0. The summed E-state index contributed by atoms with van der Waals surface area (Å²) < 4.78 is 3.86. The third-order valence-corrected chi connectivity index (χ3v) is 0.450. The molecule has 0 saturated carbocycles. The Kier molecular flexibility index (Phi) is 126. The molecule has 0 aliphatic rings. The molecule has 0 radical (unpaired) electrons. The van der Waals surface area contributed by atoms with Crippen molar-refractivity contribution in [2.75, 3.05) is 20.7 Å². The molecule has 0 unspecified atom stereocenters.